The van der Waals surface area contributed by atoms with Crippen LogP contribution in [0.4, 0.5) is 0 Å². The van der Waals surface area contributed by atoms with Crippen LogP contribution in [0.25, 0.3) is 0 Å². The summed E-state index contributed by atoms with van der Waals surface area (Å²) in [6.45, 7) is 3.18. The summed E-state index contributed by atoms with van der Waals surface area (Å²) in [7, 11) is 0. The van der Waals surface area contributed by atoms with E-state index in [9.17, 15) is 4.79 Å². The van der Waals surface area contributed by atoms with Crippen LogP contribution in [-0.2, 0) is 15.3 Å². The molecular weight excluding hydrogens is 407 g/mol. The van der Waals surface area contributed by atoms with E-state index in [1.54, 1.807) is 37.3 Å². The summed E-state index contributed by atoms with van der Waals surface area (Å²) in [4.78, 5) is 12.7. The quantitative estimate of drug-likeness (QED) is 0.688. The fourth-order valence-corrected chi connectivity index (χ4v) is 3.95. The Bertz CT molecular complexity index is 855. The van der Waals surface area contributed by atoms with E-state index in [0.29, 0.717) is 20.1 Å². The normalized spacial score (nSPS) is 19.6. The van der Waals surface area contributed by atoms with Crippen LogP contribution in [0.3, 0.4) is 0 Å². The minimum Gasteiger partial charge on any atom is -0.482 e. The van der Waals surface area contributed by atoms with Crippen LogP contribution in [0.2, 0.25) is 14.4 Å². The maximum atomic E-state index is 12.0. The molecule has 1 amide bonds. The van der Waals surface area contributed by atoms with Gasteiger partial charge < -0.3 is 9.47 Å². The van der Waals surface area contributed by atoms with Crippen LogP contribution in [0.1, 0.15) is 18.7 Å². The molecule has 5 nitrogen and oxygen atoms in total. The highest BCUT2D eigenvalue weighted by atomic mass is 35.5. The third kappa shape index (κ3) is 3.72. The molecule has 132 valence electrons. The van der Waals surface area contributed by atoms with Gasteiger partial charge >= 0.3 is 0 Å². The predicted molar refractivity (Wildman–Crippen MR) is 99.7 cm³/mol. The third-order valence-electron chi connectivity index (χ3n) is 3.51. The molecule has 0 spiro atoms. The highest BCUT2D eigenvalue weighted by molar-refractivity contribution is 7.16. The van der Waals surface area contributed by atoms with Crippen molar-refractivity contribution < 1.29 is 14.3 Å². The Kier molecular flexibility index (Phi) is 5.16. The van der Waals surface area contributed by atoms with Gasteiger partial charge in [0.2, 0.25) is 17.5 Å². The van der Waals surface area contributed by atoms with E-state index in [2.05, 4.69) is 5.10 Å². The summed E-state index contributed by atoms with van der Waals surface area (Å²) in [5, 5.41) is 6.40. The molecule has 1 aromatic carbocycles. The Hall–Kier alpha value is -1.47. The minimum atomic E-state index is -1.06. The molecule has 2 aromatic rings. The first kappa shape index (κ1) is 18.3. The van der Waals surface area contributed by atoms with Crippen LogP contribution in [0.5, 0.6) is 5.75 Å². The summed E-state index contributed by atoms with van der Waals surface area (Å²) in [5.41, 5.74) is -1.06. The number of hydrazone groups is 1. The monoisotopic (exact) mass is 418 g/mol. The van der Waals surface area contributed by atoms with Gasteiger partial charge in [-0.25, -0.2) is 0 Å². The zero-order chi connectivity index (χ0) is 18.2. The predicted octanol–water partition coefficient (Wildman–Crippen LogP) is 5.15. The van der Waals surface area contributed by atoms with Crippen molar-refractivity contribution >= 4 is 57.9 Å². The molecule has 1 aliphatic heterocycles. The summed E-state index contributed by atoms with van der Waals surface area (Å²) < 4.78 is 12.1. The third-order valence-corrected chi connectivity index (χ3v) is 5.46. The van der Waals surface area contributed by atoms with E-state index in [1.807, 2.05) is 0 Å². The largest absolute Gasteiger partial charge is 0.482 e. The number of nitrogens with zero attached hydrogens (tertiary/aromatic N) is 2. The van der Waals surface area contributed by atoms with Gasteiger partial charge in [-0.3, -0.25) is 4.79 Å². The second-order valence-corrected chi connectivity index (χ2v) is 7.94. The van der Waals surface area contributed by atoms with Crippen LogP contribution in [-0.4, -0.2) is 23.4 Å². The summed E-state index contributed by atoms with van der Waals surface area (Å²) in [6, 6.07) is 8.45. The summed E-state index contributed by atoms with van der Waals surface area (Å²) in [6.07, 6.45) is 0. The van der Waals surface area contributed by atoms with Gasteiger partial charge in [-0.15, -0.1) is 16.4 Å². The Morgan fingerprint density at radius 3 is 2.68 bits per heavy atom. The molecule has 3 rings (SSSR count). The van der Waals surface area contributed by atoms with Crippen molar-refractivity contribution in [2.45, 2.75) is 19.6 Å². The van der Waals surface area contributed by atoms with Crippen molar-refractivity contribution in [1.29, 1.82) is 0 Å². The lowest BCUT2D eigenvalue weighted by Crippen LogP contribution is -2.40. The van der Waals surface area contributed by atoms with Crippen LogP contribution in [0.15, 0.2) is 35.4 Å². The molecule has 0 unspecified atom stereocenters. The van der Waals surface area contributed by atoms with E-state index in [-0.39, 0.29) is 18.4 Å². The molecule has 0 radical (unpaired) electrons. The summed E-state index contributed by atoms with van der Waals surface area (Å²) in [5.74, 6) is 0.444. The van der Waals surface area contributed by atoms with Crippen molar-refractivity contribution in [3.63, 3.8) is 0 Å². The molecule has 0 saturated carbocycles. The molecule has 1 atom stereocenters. The molecule has 0 bridgehead atoms. The van der Waals surface area contributed by atoms with E-state index in [1.165, 1.54) is 23.3 Å². The average molecular weight is 420 g/mol. The zero-order valence-corrected chi connectivity index (χ0v) is 16.3. The van der Waals surface area contributed by atoms with E-state index in [0.717, 1.165) is 4.88 Å². The van der Waals surface area contributed by atoms with Gasteiger partial charge in [0.1, 0.15) is 5.75 Å². The van der Waals surface area contributed by atoms with Gasteiger partial charge in [0.25, 0.3) is 0 Å². The van der Waals surface area contributed by atoms with Gasteiger partial charge in [-0.2, -0.15) is 5.01 Å². The van der Waals surface area contributed by atoms with E-state index in [4.69, 9.17) is 44.3 Å². The van der Waals surface area contributed by atoms with Gasteiger partial charge in [-0.05, 0) is 30.3 Å². The second-order valence-electron chi connectivity index (χ2n) is 5.38. The fourth-order valence-electron chi connectivity index (χ4n) is 2.38. The van der Waals surface area contributed by atoms with Crippen LogP contribution >= 0.6 is 46.1 Å². The number of carbonyl (C=O) groups is 1. The van der Waals surface area contributed by atoms with Crippen molar-refractivity contribution in [3.05, 3.63) is 49.6 Å². The Labute approximate surface area is 163 Å². The lowest BCUT2D eigenvalue weighted by Gasteiger charge is -2.29. The second kappa shape index (κ2) is 7.03. The zero-order valence-electron chi connectivity index (χ0n) is 13.3. The van der Waals surface area contributed by atoms with Gasteiger partial charge in [-0.1, -0.05) is 34.8 Å². The number of hydrogen-bond donors (Lipinski definition) is 0. The molecule has 25 heavy (non-hydrogen) atoms. The molecule has 0 N–H and O–H groups in total. The maximum Gasteiger partial charge on any atom is 0.247 e. The van der Waals surface area contributed by atoms with Crippen molar-refractivity contribution in [1.82, 2.24) is 5.01 Å². The van der Waals surface area contributed by atoms with Crippen LogP contribution in [0, 0.1) is 0 Å². The van der Waals surface area contributed by atoms with E-state index < -0.39 is 5.72 Å². The van der Waals surface area contributed by atoms with Gasteiger partial charge in [0, 0.05) is 18.9 Å². The smallest absolute Gasteiger partial charge is 0.247 e. The van der Waals surface area contributed by atoms with E-state index >= 15 is 0 Å². The lowest BCUT2D eigenvalue weighted by atomic mass is 10.2. The summed E-state index contributed by atoms with van der Waals surface area (Å²) >= 11 is 19.3. The number of carbonyl (C=O) groups excluding carboxylic acids is 1. The first-order valence-corrected chi connectivity index (χ1v) is 9.15. The maximum absolute atomic E-state index is 12.0. The topological polar surface area (TPSA) is 51.1 Å². The first-order valence-electron chi connectivity index (χ1n) is 7.20. The SMILES string of the molecule is CC(=O)N1N=C(COc2ccc(Cl)cc2Cl)O[C@]1(C)c1ccc(Cl)s1. The van der Waals surface area contributed by atoms with Crippen molar-refractivity contribution in [2.75, 3.05) is 6.61 Å². The standard InChI is InChI=1S/C16H13Cl3N2O3S/c1-9(22)21-16(2,13-5-6-14(19)25-13)24-15(20-21)8-23-12-4-3-10(17)7-11(12)18/h3-7H,8H2,1-2H3/t16-/m1/s1. The number of ether oxygens (including phenoxy) is 2. The molecule has 1 aliphatic rings. The lowest BCUT2D eigenvalue weighted by molar-refractivity contribution is -0.145. The highest BCUT2D eigenvalue weighted by Gasteiger charge is 2.45. The number of amides is 1. The average Bonchev–Trinajstić information content (AvgIpc) is 3.11. The molecule has 9 heteroatoms. The molecule has 0 fully saturated rings. The number of benzene rings is 1. The number of halogens is 3. The van der Waals surface area contributed by atoms with Crippen molar-refractivity contribution in [2.24, 2.45) is 5.10 Å². The Balaban J connectivity index is 1.79. The van der Waals surface area contributed by atoms with Crippen LogP contribution < -0.4 is 4.74 Å². The molecule has 0 saturated heterocycles. The Morgan fingerprint density at radius 1 is 1.32 bits per heavy atom. The first-order chi connectivity index (χ1) is 11.8. The number of hydrogen-bond acceptors (Lipinski definition) is 5. The minimum absolute atomic E-state index is 0.0137. The van der Waals surface area contributed by atoms with Gasteiger partial charge in [0.05, 0.1) is 14.2 Å². The molecule has 0 aliphatic carbocycles. The van der Waals surface area contributed by atoms with Crippen molar-refractivity contribution in [3.8, 4) is 5.75 Å². The number of thiophene rings is 1. The fraction of sp³-hybridized carbons (Fsp3) is 0.250. The molecular formula is C16H13Cl3N2O3S. The molecule has 2 heterocycles. The molecule has 1 aromatic heterocycles. The Morgan fingerprint density at radius 2 is 2.08 bits per heavy atom. The number of rotatable bonds is 4. The van der Waals surface area contributed by atoms with Gasteiger partial charge in [0.15, 0.2) is 6.61 Å². The highest BCUT2D eigenvalue weighted by Crippen LogP contribution is 2.40.